The number of amides is 2. The molecule has 7 heteroatoms. The van der Waals surface area contributed by atoms with Gasteiger partial charge in [-0.3, -0.25) is 19.5 Å². The molecule has 0 aromatic heterocycles. The summed E-state index contributed by atoms with van der Waals surface area (Å²) in [5, 5.41) is 2.97. The molecule has 0 unspecified atom stereocenters. The Bertz CT molecular complexity index is 618. The fourth-order valence-corrected chi connectivity index (χ4v) is 3.49. The molecule has 1 aromatic rings. The number of rotatable bonds is 5. The molecule has 2 rings (SSSR count). The zero-order valence-electron chi connectivity index (χ0n) is 13.5. The molecule has 2 amide bonds. The summed E-state index contributed by atoms with van der Waals surface area (Å²) in [5.41, 5.74) is 0.597. The van der Waals surface area contributed by atoms with Crippen molar-refractivity contribution in [2.45, 2.75) is 25.5 Å². The van der Waals surface area contributed by atoms with E-state index in [1.54, 1.807) is 24.1 Å². The minimum atomic E-state index is -0.486. The first-order valence-electron chi connectivity index (χ1n) is 7.56. The fraction of sp³-hybridized carbons (Fsp3) is 0.438. The van der Waals surface area contributed by atoms with Crippen LogP contribution in [0.25, 0.3) is 0 Å². The summed E-state index contributed by atoms with van der Waals surface area (Å²) in [7, 11) is 1.55. The molecule has 1 N–H and O–H groups in total. The number of nitrogens with zero attached hydrogens (tertiary/aromatic N) is 2. The van der Waals surface area contributed by atoms with Crippen molar-refractivity contribution in [1.82, 2.24) is 4.90 Å². The van der Waals surface area contributed by atoms with Crippen LogP contribution in [-0.2, 0) is 9.59 Å². The standard InChI is InChI=1S/C16H21N3O3S/c1-4-17-16-19(5-2)14(20)10-13(23-16)15(21)18-11-8-6-7-9-12(11)22-3/h6-9,13H,4-5,10H2,1-3H3,(H,18,21)/t13-/m1/s1. The zero-order chi connectivity index (χ0) is 16.8. The summed E-state index contributed by atoms with van der Waals surface area (Å²) in [6.45, 7) is 4.95. The van der Waals surface area contributed by atoms with E-state index < -0.39 is 5.25 Å². The van der Waals surface area contributed by atoms with Crippen molar-refractivity contribution in [2.24, 2.45) is 4.99 Å². The number of ether oxygens (including phenoxy) is 1. The molecular formula is C16H21N3O3S. The predicted octanol–water partition coefficient (Wildman–Crippen LogP) is 2.36. The number of aliphatic imine (C=N–C) groups is 1. The summed E-state index contributed by atoms with van der Waals surface area (Å²) in [6.07, 6.45) is 0.169. The Labute approximate surface area is 140 Å². The van der Waals surface area contributed by atoms with Gasteiger partial charge in [0, 0.05) is 19.5 Å². The number of amidine groups is 1. The van der Waals surface area contributed by atoms with E-state index in [9.17, 15) is 9.59 Å². The van der Waals surface area contributed by atoms with E-state index in [0.29, 0.717) is 29.7 Å². The van der Waals surface area contributed by atoms with E-state index in [1.807, 2.05) is 26.0 Å². The average Bonchev–Trinajstić information content (AvgIpc) is 2.55. The van der Waals surface area contributed by atoms with Crippen molar-refractivity contribution in [3.8, 4) is 5.75 Å². The molecule has 1 fully saturated rings. The third-order valence-electron chi connectivity index (χ3n) is 3.41. The van der Waals surface area contributed by atoms with Crippen LogP contribution in [0.15, 0.2) is 29.3 Å². The molecule has 124 valence electrons. The van der Waals surface area contributed by atoms with Gasteiger partial charge in [-0.25, -0.2) is 0 Å². The van der Waals surface area contributed by atoms with Crippen molar-refractivity contribution in [1.29, 1.82) is 0 Å². The van der Waals surface area contributed by atoms with E-state index in [2.05, 4.69) is 10.3 Å². The van der Waals surface area contributed by atoms with Crippen LogP contribution in [0.5, 0.6) is 5.75 Å². The summed E-state index contributed by atoms with van der Waals surface area (Å²) < 4.78 is 5.23. The second-order valence-electron chi connectivity index (χ2n) is 4.90. The molecule has 0 spiro atoms. The number of methoxy groups -OCH3 is 1. The molecule has 1 atom stereocenters. The number of para-hydroxylation sites is 2. The summed E-state index contributed by atoms with van der Waals surface area (Å²) >= 11 is 1.34. The number of benzene rings is 1. The molecule has 1 aromatic carbocycles. The molecule has 0 saturated carbocycles. The Morgan fingerprint density at radius 2 is 2.17 bits per heavy atom. The van der Waals surface area contributed by atoms with Crippen LogP contribution >= 0.6 is 11.8 Å². The van der Waals surface area contributed by atoms with Gasteiger partial charge in [0.25, 0.3) is 0 Å². The van der Waals surface area contributed by atoms with E-state index in [4.69, 9.17) is 4.74 Å². The molecule has 0 bridgehead atoms. The van der Waals surface area contributed by atoms with Gasteiger partial charge in [0.2, 0.25) is 11.8 Å². The van der Waals surface area contributed by atoms with Gasteiger partial charge < -0.3 is 10.1 Å². The number of hydrogen-bond donors (Lipinski definition) is 1. The Morgan fingerprint density at radius 3 is 2.83 bits per heavy atom. The Hall–Kier alpha value is -2.02. The first-order chi connectivity index (χ1) is 11.1. The van der Waals surface area contributed by atoms with Crippen LogP contribution in [0.3, 0.4) is 0 Å². The minimum Gasteiger partial charge on any atom is -0.495 e. The third-order valence-corrected chi connectivity index (χ3v) is 4.63. The van der Waals surface area contributed by atoms with Crippen LogP contribution in [0, 0.1) is 0 Å². The lowest BCUT2D eigenvalue weighted by Crippen LogP contribution is -2.45. The second kappa shape index (κ2) is 8.01. The number of thioether (sulfide) groups is 1. The zero-order valence-corrected chi connectivity index (χ0v) is 14.4. The Kier molecular flexibility index (Phi) is 6.04. The maximum atomic E-state index is 12.5. The average molecular weight is 335 g/mol. The SMILES string of the molecule is CCN=C1S[C@@H](C(=O)Nc2ccccc2OC)CC(=O)N1CC. The van der Waals surface area contributed by atoms with Crippen molar-refractivity contribution in [2.75, 3.05) is 25.5 Å². The van der Waals surface area contributed by atoms with Crippen molar-refractivity contribution >= 4 is 34.4 Å². The van der Waals surface area contributed by atoms with Gasteiger partial charge in [0.05, 0.1) is 12.8 Å². The normalized spacial score (nSPS) is 19.8. The van der Waals surface area contributed by atoms with E-state index in [1.165, 1.54) is 11.8 Å². The van der Waals surface area contributed by atoms with Gasteiger partial charge >= 0.3 is 0 Å². The summed E-state index contributed by atoms with van der Waals surface area (Å²) in [4.78, 5) is 30.7. The first-order valence-corrected chi connectivity index (χ1v) is 8.44. The van der Waals surface area contributed by atoms with Crippen LogP contribution in [0.4, 0.5) is 5.69 Å². The van der Waals surface area contributed by atoms with Crippen LogP contribution < -0.4 is 10.1 Å². The Balaban J connectivity index is 2.13. The van der Waals surface area contributed by atoms with Crippen LogP contribution in [-0.4, -0.2) is 47.3 Å². The number of nitrogens with one attached hydrogen (secondary N) is 1. The molecule has 1 saturated heterocycles. The number of carbonyl (C=O) groups is 2. The molecule has 1 aliphatic rings. The Morgan fingerprint density at radius 1 is 1.43 bits per heavy atom. The molecule has 0 aliphatic carbocycles. The van der Waals surface area contributed by atoms with Gasteiger partial charge in [-0.05, 0) is 26.0 Å². The molecule has 0 radical (unpaired) electrons. The van der Waals surface area contributed by atoms with Gasteiger partial charge in [0.1, 0.15) is 11.0 Å². The summed E-state index contributed by atoms with van der Waals surface area (Å²) in [6, 6.07) is 7.20. The molecular weight excluding hydrogens is 314 g/mol. The number of carbonyl (C=O) groups excluding carboxylic acids is 2. The molecule has 6 nitrogen and oxygen atoms in total. The van der Waals surface area contributed by atoms with E-state index >= 15 is 0 Å². The lowest BCUT2D eigenvalue weighted by Gasteiger charge is -2.31. The highest BCUT2D eigenvalue weighted by Crippen LogP contribution is 2.29. The van der Waals surface area contributed by atoms with Crippen LogP contribution in [0.2, 0.25) is 0 Å². The number of hydrogen-bond acceptors (Lipinski definition) is 5. The van der Waals surface area contributed by atoms with Crippen LogP contribution in [0.1, 0.15) is 20.3 Å². The molecule has 23 heavy (non-hydrogen) atoms. The van der Waals surface area contributed by atoms with Gasteiger partial charge in [0.15, 0.2) is 5.17 Å². The van der Waals surface area contributed by atoms with Gasteiger partial charge in [-0.1, -0.05) is 23.9 Å². The smallest absolute Gasteiger partial charge is 0.238 e. The summed E-state index contributed by atoms with van der Waals surface area (Å²) in [5.74, 6) is 0.302. The topological polar surface area (TPSA) is 71.0 Å². The van der Waals surface area contributed by atoms with Gasteiger partial charge in [-0.2, -0.15) is 0 Å². The second-order valence-corrected chi connectivity index (χ2v) is 6.06. The maximum Gasteiger partial charge on any atom is 0.238 e. The van der Waals surface area contributed by atoms with E-state index in [-0.39, 0.29) is 18.2 Å². The molecule has 1 heterocycles. The van der Waals surface area contributed by atoms with E-state index in [0.717, 1.165) is 0 Å². The fourth-order valence-electron chi connectivity index (χ4n) is 2.28. The lowest BCUT2D eigenvalue weighted by molar-refractivity contribution is -0.129. The molecule has 1 aliphatic heterocycles. The number of anilines is 1. The maximum absolute atomic E-state index is 12.5. The highest BCUT2D eigenvalue weighted by atomic mass is 32.2. The lowest BCUT2D eigenvalue weighted by atomic mass is 10.2. The van der Waals surface area contributed by atoms with Crippen molar-refractivity contribution in [3.05, 3.63) is 24.3 Å². The minimum absolute atomic E-state index is 0.0707. The third kappa shape index (κ3) is 4.04. The van der Waals surface area contributed by atoms with Crippen molar-refractivity contribution < 1.29 is 14.3 Å². The highest BCUT2D eigenvalue weighted by Gasteiger charge is 2.35. The quantitative estimate of drug-likeness (QED) is 0.897. The predicted molar refractivity (Wildman–Crippen MR) is 93.0 cm³/mol. The first kappa shape index (κ1) is 17.3. The van der Waals surface area contributed by atoms with Crippen molar-refractivity contribution in [3.63, 3.8) is 0 Å². The largest absolute Gasteiger partial charge is 0.495 e. The highest BCUT2D eigenvalue weighted by molar-refractivity contribution is 8.15. The van der Waals surface area contributed by atoms with Gasteiger partial charge in [-0.15, -0.1) is 0 Å². The monoisotopic (exact) mass is 335 g/mol.